The fraction of sp³-hybridized carbons (Fsp3) is 0.257. The number of carboxylic acids is 2. The molecule has 0 aliphatic carbocycles. The zero-order chi connectivity index (χ0) is 31.6. The standard InChI is InChI=1S/2C13H10O2.C9H20O4/c2*14-13(15)12-9-5-4-8-11(12)10-6-2-1-3-7-10;1-7(11)5-12-9(3)6-13-8(2)4-10/h2*1-9H,(H,14,15);7-11H,4-6H2,1-3H3. The van der Waals surface area contributed by atoms with Gasteiger partial charge in [-0.25, -0.2) is 9.59 Å². The van der Waals surface area contributed by atoms with E-state index in [1.807, 2.05) is 91.9 Å². The summed E-state index contributed by atoms with van der Waals surface area (Å²) in [6.07, 6.45) is -0.654. The van der Waals surface area contributed by atoms with Crippen LogP contribution in [0, 0.1) is 0 Å². The van der Waals surface area contributed by atoms with E-state index in [4.69, 9.17) is 29.9 Å². The Bertz CT molecular complexity index is 1280. The van der Waals surface area contributed by atoms with Gasteiger partial charge in [-0.3, -0.25) is 0 Å². The lowest BCUT2D eigenvalue weighted by atomic mass is 10.00. The van der Waals surface area contributed by atoms with Crippen LogP contribution in [0.15, 0.2) is 109 Å². The summed E-state index contributed by atoms with van der Waals surface area (Å²) in [5.41, 5.74) is 4.04. The van der Waals surface area contributed by atoms with Crippen LogP contribution in [0.1, 0.15) is 41.5 Å². The summed E-state index contributed by atoms with van der Waals surface area (Å²) < 4.78 is 10.5. The minimum absolute atomic E-state index is 0.0170. The molecule has 43 heavy (non-hydrogen) atoms. The number of aromatic carboxylic acids is 2. The molecule has 0 amide bonds. The first kappa shape index (κ1) is 34.9. The van der Waals surface area contributed by atoms with Crippen molar-refractivity contribution in [3.63, 3.8) is 0 Å². The van der Waals surface area contributed by atoms with E-state index in [9.17, 15) is 9.59 Å². The van der Waals surface area contributed by atoms with Crippen LogP contribution in [0.3, 0.4) is 0 Å². The van der Waals surface area contributed by atoms with Crippen molar-refractivity contribution < 1.29 is 39.5 Å². The SMILES string of the molecule is CC(O)COC(C)COC(C)CO.O=C(O)c1ccccc1-c1ccccc1.O=C(O)c1ccccc1-c1ccccc1. The quantitative estimate of drug-likeness (QED) is 0.161. The Kier molecular flexibility index (Phi) is 15.4. The van der Waals surface area contributed by atoms with Crippen molar-refractivity contribution in [3.8, 4) is 22.3 Å². The van der Waals surface area contributed by atoms with Gasteiger partial charge in [0.15, 0.2) is 0 Å². The molecule has 4 N–H and O–H groups in total. The molecule has 228 valence electrons. The van der Waals surface area contributed by atoms with Crippen LogP contribution in [0.5, 0.6) is 0 Å². The Morgan fingerprint density at radius 2 is 0.953 bits per heavy atom. The second kappa shape index (κ2) is 19.0. The van der Waals surface area contributed by atoms with Crippen molar-refractivity contribution in [2.75, 3.05) is 19.8 Å². The summed E-state index contributed by atoms with van der Waals surface area (Å²) in [5.74, 6) is -1.79. The normalized spacial score (nSPS) is 12.4. The first-order chi connectivity index (χ1) is 20.6. The van der Waals surface area contributed by atoms with Crippen LogP contribution >= 0.6 is 0 Å². The van der Waals surface area contributed by atoms with Crippen LogP contribution in [0.4, 0.5) is 0 Å². The highest BCUT2D eigenvalue weighted by molar-refractivity contribution is 5.96. The highest BCUT2D eigenvalue weighted by Gasteiger charge is 2.11. The van der Waals surface area contributed by atoms with E-state index >= 15 is 0 Å². The molecule has 4 aromatic carbocycles. The Labute approximate surface area is 252 Å². The summed E-state index contributed by atoms with van der Waals surface area (Å²) in [7, 11) is 0. The molecule has 3 unspecified atom stereocenters. The smallest absolute Gasteiger partial charge is 0.336 e. The maximum absolute atomic E-state index is 11.0. The molecule has 0 fully saturated rings. The third-order valence-corrected chi connectivity index (χ3v) is 5.98. The number of carbonyl (C=O) groups is 2. The van der Waals surface area contributed by atoms with Gasteiger partial charge in [-0.2, -0.15) is 0 Å². The first-order valence-corrected chi connectivity index (χ1v) is 13.9. The molecule has 0 saturated carbocycles. The Balaban J connectivity index is 0.000000226. The minimum atomic E-state index is -0.894. The van der Waals surface area contributed by atoms with Crippen LogP contribution in [-0.4, -0.2) is 70.5 Å². The Morgan fingerprint density at radius 3 is 1.33 bits per heavy atom. The van der Waals surface area contributed by atoms with E-state index in [1.165, 1.54) is 0 Å². The van der Waals surface area contributed by atoms with Crippen LogP contribution in [0.2, 0.25) is 0 Å². The fourth-order valence-corrected chi connectivity index (χ4v) is 3.78. The van der Waals surface area contributed by atoms with E-state index in [2.05, 4.69) is 0 Å². The van der Waals surface area contributed by atoms with Gasteiger partial charge in [0.1, 0.15) is 0 Å². The van der Waals surface area contributed by atoms with Gasteiger partial charge in [-0.15, -0.1) is 0 Å². The molecular weight excluding hydrogens is 548 g/mol. The molecule has 0 heterocycles. The van der Waals surface area contributed by atoms with Gasteiger partial charge < -0.3 is 29.9 Å². The monoisotopic (exact) mass is 588 g/mol. The molecule has 4 rings (SSSR count). The van der Waals surface area contributed by atoms with E-state index in [1.54, 1.807) is 38.1 Å². The largest absolute Gasteiger partial charge is 0.478 e. The minimum Gasteiger partial charge on any atom is -0.478 e. The van der Waals surface area contributed by atoms with E-state index in [0.29, 0.717) is 24.3 Å². The van der Waals surface area contributed by atoms with Gasteiger partial charge in [0.05, 0.1) is 49.3 Å². The topological polar surface area (TPSA) is 134 Å². The molecule has 3 atom stereocenters. The number of hydrogen-bond acceptors (Lipinski definition) is 6. The molecule has 0 aliphatic heterocycles. The number of aliphatic hydroxyl groups is 2. The Morgan fingerprint density at radius 1 is 0.581 bits per heavy atom. The van der Waals surface area contributed by atoms with Gasteiger partial charge >= 0.3 is 11.9 Å². The molecule has 0 bridgehead atoms. The Hall–Kier alpha value is -4.34. The summed E-state index contributed by atoms with van der Waals surface area (Å²) >= 11 is 0. The van der Waals surface area contributed by atoms with Crippen molar-refractivity contribution in [3.05, 3.63) is 120 Å². The average molecular weight is 589 g/mol. The van der Waals surface area contributed by atoms with E-state index in [-0.39, 0.29) is 18.8 Å². The van der Waals surface area contributed by atoms with Gasteiger partial charge in [0, 0.05) is 0 Å². The summed E-state index contributed by atoms with van der Waals surface area (Å²) in [4.78, 5) is 22.0. The van der Waals surface area contributed by atoms with Crippen LogP contribution in [0.25, 0.3) is 22.3 Å². The fourth-order valence-electron chi connectivity index (χ4n) is 3.78. The highest BCUT2D eigenvalue weighted by Crippen LogP contribution is 2.24. The van der Waals surface area contributed by atoms with Gasteiger partial charge in [-0.05, 0) is 55.2 Å². The van der Waals surface area contributed by atoms with Crippen molar-refractivity contribution in [1.29, 1.82) is 0 Å². The molecule has 0 radical (unpaired) electrons. The third-order valence-electron chi connectivity index (χ3n) is 5.98. The lowest BCUT2D eigenvalue weighted by Gasteiger charge is -2.16. The summed E-state index contributed by atoms with van der Waals surface area (Å²) in [5, 5.41) is 35.6. The molecule has 4 aromatic rings. The van der Waals surface area contributed by atoms with Crippen LogP contribution < -0.4 is 0 Å². The summed E-state index contributed by atoms with van der Waals surface area (Å²) in [6.45, 7) is 6.10. The van der Waals surface area contributed by atoms with Gasteiger partial charge in [0.25, 0.3) is 0 Å². The number of rotatable bonds is 11. The maximum Gasteiger partial charge on any atom is 0.336 e. The molecule has 8 heteroatoms. The molecule has 0 spiro atoms. The predicted octanol–water partition coefficient (Wildman–Crippen LogP) is 6.27. The molecular formula is C35H40O8. The maximum atomic E-state index is 11.0. The number of carboxylic acid groups (broad SMARTS) is 2. The van der Waals surface area contributed by atoms with Gasteiger partial charge in [-0.1, -0.05) is 97.1 Å². The summed E-state index contributed by atoms with van der Waals surface area (Å²) in [6, 6.07) is 33.0. The number of hydrogen-bond donors (Lipinski definition) is 4. The van der Waals surface area contributed by atoms with E-state index in [0.717, 1.165) is 22.3 Å². The highest BCUT2D eigenvalue weighted by atomic mass is 16.5. The van der Waals surface area contributed by atoms with Crippen molar-refractivity contribution >= 4 is 11.9 Å². The second-order valence-corrected chi connectivity index (χ2v) is 9.75. The lowest BCUT2D eigenvalue weighted by molar-refractivity contribution is -0.0620. The van der Waals surface area contributed by atoms with Gasteiger partial charge in [0.2, 0.25) is 0 Å². The third kappa shape index (κ3) is 12.6. The lowest BCUT2D eigenvalue weighted by Crippen LogP contribution is -2.24. The van der Waals surface area contributed by atoms with Crippen molar-refractivity contribution in [2.45, 2.75) is 39.1 Å². The number of benzene rings is 4. The predicted molar refractivity (Wildman–Crippen MR) is 167 cm³/mol. The number of aliphatic hydroxyl groups excluding tert-OH is 2. The van der Waals surface area contributed by atoms with E-state index < -0.39 is 18.0 Å². The van der Waals surface area contributed by atoms with Crippen molar-refractivity contribution in [2.24, 2.45) is 0 Å². The molecule has 0 saturated heterocycles. The molecule has 0 aromatic heterocycles. The second-order valence-electron chi connectivity index (χ2n) is 9.75. The first-order valence-electron chi connectivity index (χ1n) is 13.9. The zero-order valence-electron chi connectivity index (χ0n) is 24.7. The van der Waals surface area contributed by atoms with Crippen LogP contribution in [-0.2, 0) is 9.47 Å². The zero-order valence-corrected chi connectivity index (χ0v) is 24.7. The molecule has 0 aliphatic rings. The average Bonchev–Trinajstić information content (AvgIpc) is 3.04. The number of ether oxygens (including phenoxy) is 2. The van der Waals surface area contributed by atoms with Crippen molar-refractivity contribution in [1.82, 2.24) is 0 Å². The molecule has 8 nitrogen and oxygen atoms in total.